The fraction of sp³-hybridized carbons (Fsp3) is 0.731. The molecule has 1 aromatic rings. The lowest BCUT2D eigenvalue weighted by Crippen LogP contribution is -2.79. The number of benzene rings is 1. The number of rotatable bonds is 4. The zero-order valence-electron chi connectivity index (χ0n) is 23.4. The van der Waals surface area contributed by atoms with Crippen LogP contribution in [0.15, 0.2) is 18.2 Å². The molecule has 38 heavy (non-hydrogen) atoms. The SMILES string of the molecule is CC.CC.CC(Oc1c(C=N)cccc1C(C)(C)C)C1C(F)(F)C(F)(F)C(F)(F)C(F)(F)C1(F)F.CCC. The molecule has 1 aromatic carbocycles. The Bertz CT molecular complexity index is 849. The maximum absolute atomic E-state index is 14.3. The lowest BCUT2D eigenvalue weighted by molar-refractivity contribution is -0.468. The molecule has 224 valence electrons. The van der Waals surface area contributed by atoms with Gasteiger partial charge in [0.15, 0.2) is 0 Å². The molecule has 0 bridgehead atoms. The third-order valence-electron chi connectivity index (χ3n) is 5.19. The maximum atomic E-state index is 14.3. The zero-order valence-corrected chi connectivity index (χ0v) is 23.4. The van der Waals surface area contributed by atoms with Crippen LogP contribution in [0, 0.1) is 11.3 Å². The van der Waals surface area contributed by atoms with Crippen LogP contribution in [0.5, 0.6) is 5.75 Å². The first kappa shape index (κ1) is 38.1. The largest absolute Gasteiger partial charge is 0.489 e. The van der Waals surface area contributed by atoms with E-state index in [2.05, 4.69) is 13.8 Å². The summed E-state index contributed by atoms with van der Waals surface area (Å²) in [7, 11) is 0. The highest BCUT2D eigenvalue weighted by atomic mass is 19.4. The standard InChI is InChI=1S/C19H19F10NO.C3H8.2C2H6/c1-9(31-12-10(8-30)6-5-7-11(12)14(2,3)4)13-15(20,21)17(24,25)19(28,29)18(26,27)16(13,22)23;1-3-2;2*1-2/h5-9,13,30H,1-4H3;3H2,1-2H3;2*1-2H3. The van der Waals surface area contributed by atoms with Crippen LogP contribution in [-0.2, 0) is 5.41 Å². The normalized spacial score (nSPS) is 21.2. The van der Waals surface area contributed by atoms with Crippen LogP contribution in [-0.4, -0.2) is 41.9 Å². The van der Waals surface area contributed by atoms with Gasteiger partial charge >= 0.3 is 29.6 Å². The Hall–Kier alpha value is -2.01. The molecule has 1 aliphatic rings. The molecule has 12 heteroatoms. The lowest BCUT2D eigenvalue weighted by atomic mass is 9.72. The average Bonchev–Trinajstić information content (AvgIpc) is 2.80. The van der Waals surface area contributed by atoms with Crippen molar-refractivity contribution in [1.82, 2.24) is 0 Å². The summed E-state index contributed by atoms with van der Waals surface area (Å²) in [5.41, 5.74) is -0.829. The molecule has 1 aliphatic carbocycles. The molecule has 0 aromatic heterocycles. The third kappa shape index (κ3) is 6.41. The molecule has 0 amide bonds. The monoisotopic (exact) mass is 571 g/mol. The molecule has 0 heterocycles. The van der Waals surface area contributed by atoms with Crippen molar-refractivity contribution in [3.63, 3.8) is 0 Å². The fourth-order valence-electron chi connectivity index (χ4n) is 3.47. The van der Waals surface area contributed by atoms with Gasteiger partial charge in [-0.1, -0.05) is 80.9 Å². The molecule has 1 fully saturated rings. The summed E-state index contributed by atoms with van der Waals surface area (Å²) in [4.78, 5) is 0. The van der Waals surface area contributed by atoms with Gasteiger partial charge in [0.2, 0.25) is 0 Å². The number of alkyl halides is 10. The smallest absolute Gasteiger partial charge is 0.384 e. The minimum absolute atomic E-state index is 0.148. The van der Waals surface area contributed by atoms with Crippen molar-refractivity contribution in [2.45, 2.75) is 117 Å². The van der Waals surface area contributed by atoms with Crippen molar-refractivity contribution in [3.8, 4) is 5.75 Å². The van der Waals surface area contributed by atoms with Gasteiger partial charge in [-0.15, -0.1) is 0 Å². The predicted octanol–water partition coefficient (Wildman–Crippen LogP) is 10.0. The van der Waals surface area contributed by atoms with Crippen LogP contribution in [0.25, 0.3) is 0 Å². The molecular weight excluding hydrogens is 532 g/mol. The molecule has 0 radical (unpaired) electrons. The predicted molar refractivity (Wildman–Crippen MR) is 130 cm³/mol. The number of ether oxygens (including phenoxy) is 1. The maximum Gasteiger partial charge on any atom is 0.384 e. The van der Waals surface area contributed by atoms with Gasteiger partial charge in [-0.25, -0.2) is 0 Å². The van der Waals surface area contributed by atoms with Gasteiger partial charge in [-0.3, -0.25) is 0 Å². The molecule has 1 saturated carbocycles. The van der Waals surface area contributed by atoms with Crippen LogP contribution in [0.2, 0.25) is 0 Å². The van der Waals surface area contributed by atoms with Gasteiger partial charge in [0.25, 0.3) is 0 Å². The van der Waals surface area contributed by atoms with Crippen LogP contribution in [0.1, 0.15) is 86.8 Å². The highest BCUT2D eigenvalue weighted by molar-refractivity contribution is 5.82. The van der Waals surface area contributed by atoms with Crippen molar-refractivity contribution in [2.75, 3.05) is 0 Å². The molecule has 1 atom stereocenters. The Kier molecular flexibility index (Phi) is 13.4. The first-order valence-electron chi connectivity index (χ1n) is 12.3. The Morgan fingerprint density at radius 1 is 0.816 bits per heavy atom. The Balaban J connectivity index is 0. The first-order valence-corrected chi connectivity index (χ1v) is 12.3. The summed E-state index contributed by atoms with van der Waals surface area (Å²) in [6.45, 7) is 17.4. The molecule has 2 rings (SSSR count). The Labute approximate surface area is 218 Å². The average molecular weight is 572 g/mol. The van der Waals surface area contributed by atoms with Crippen molar-refractivity contribution >= 4 is 6.21 Å². The van der Waals surface area contributed by atoms with Crippen LogP contribution >= 0.6 is 0 Å². The molecule has 0 saturated heterocycles. The summed E-state index contributed by atoms with van der Waals surface area (Å²) < 4.78 is 144. The number of hydrogen-bond acceptors (Lipinski definition) is 2. The molecular formula is C26H39F10NO. The fourth-order valence-corrected chi connectivity index (χ4v) is 3.47. The van der Waals surface area contributed by atoms with E-state index in [9.17, 15) is 43.9 Å². The highest BCUT2D eigenvalue weighted by Crippen LogP contribution is 2.67. The second kappa shape index (κ2) is 13.4. The summed E-state index contributed by atoms with van der Waals surface area (Å²) in [6.07, 6.45) is -0.883. The zero-order chi connectivity index (χ0) is 31.1. The topological polar surface area (TPSA) is 33.1 Å². The van der Waals surface area contributed by atoms with Crippen LogP contribution < -0.4 is 4.74 Å². The molecule has 0 spiro atoms. The summed E-state index contributed by atoms with van der Waals surface area (Å²) in [5.74, 6) is -37.9. The lowest BCUT2D eigenvalue weighted by Gasteiger charge is -2.51. The number of hydrogen-bond donors (Lipinski definition) is 1. The number of nitrogens with one attached hydrogen (secondary N) is 1. The summed E-state index contributed by atoms with van der Waals surface area (Å²) in [5, 5.41) is 7.37. The number of halogens is 10. The molecule has 2 nitrogen and oxygen atoms in total. The van der Waals surface area contributed by atoms with E-state index in [-0.39, 0.29) is 11.1 Å². The van der Waals surface area contributed by atoms with E-state index in [1.807, 2.05) is 27.7 Å². The van der Waals surface area contributed by atoms with E-state index >= 15 is 0 Å². The molecule has 0 aliphatic heterocycles. The van der Waals surface area contributed by atoms with Gasteiger partial charge in [0.05, 0.1) is 0 Å². The minimum atomic E-state index is -7.02. The Morgan fingerprint density at radius 2 is 1.18 bits per heavy atom. The van der Waals surface area contributed by atoms with E-state index in [0.29, 0.717) is 13.1 Å². The van der Waals surface area contributed by atoms with E-state index in [1.54, 1.807) is 20.8 Å². The van der Waals surface area contributed by atoms with Gasteiger partial charge in [-0.2, -0.15) is 43.9 Å². The van der Waals surface area contributed by atoms with Gasteiger partial charge in [0.1, 0.15) is 17.8 Å². The highest BCUT2D eigenvalue weighted by Gasteiger charge is 2.95. The Morgan fingerprint density at radius 3 is 1.50 bits per heavy atom. The van der Waals surface area contributed by atoms with Gasteiger partial charge in [-0.05, 0) is 18.4 Å². The first-order chi connectivity index (χ1) is 17.1. The third-order valence-corrected chi connectivity index (χ3v) is 5.19. The van der Waals surface area contributed by atoms with Crippen molar-refractivity contribution < 1.29 is 48.6 Å². The number of para-hydroxylation sites is 1. The van der Waals surface area contributed by atoms with E-state index in [0.717, 1.165) is 0 Å². The second-order valence-corrected chi connectivity index (χ2v) is 9.10. The minimum Gasteiger partial charge on any atom is -0.489 e. The quantitative estimate of drug-likeness (QED) is 0.283. The van der Waals surface area contributed by atoms with E-state index in [4.69, 9.17) is 10.1 Å². The van der Waals surface area contributed by atoms with Crippen molar-refractivity contribution in [1.29, 1.82) is 5.41 Å². The van der Waals surface area contributed by atoms with Crippen molar-refractivity contribution in [3.05, 3.63) is 29.3 Å². The van der Waals surface area contributed by atoms with Crippen LogP contribution in [0.4, 0.5) is 43.9 Å². The van der Waals surface area contributed by atoms with Gasteiger partial charge < -0.3 is 10.1 Å². The van der Waals surface area contributed by atoms with E-state index in [1.165, 1.54) is 24.6 Å². The molecule has 1 N–H and O–H groups in total. The summed E-state index contributed by atoms with van der Waals surface area (Å²) >= 11 is 0. The van der Waals surface area contributed by atoms with E-state index < -0.39 is 52.8 Å². The van der Waals surface area contributed by atoms with Gasteiger partial charge in [0, 0.05) is 17.3 Å². The second-order valence-electron chi connectivity index (χ2n) is 9.10. The van der Waals surface area contributed by atoms with Crippen molar-refractivity contribution in [2.24, 2.45) is 5.92 Å². The van der Waals surface area contributed by atoms with Crippen LogP contribution in [0.3, 0.4) is 0 Å². The summed E-state index contributed by atoms with van der Waals surface area (Å²) in [6, 6.07) is 3.98. The molecule has 1 unspecified atom stereocenters.